The summed E-state index contributed by atoms with van der Waals surface area (Å²) < 4.78 is 28.4. The molecule has 0 spiro atoms. The van der Waals surface area contributed by atoms with Crippen LogP contribution in [0, 0.1) is 0 Å². The van der Waals surface area contributed by atoms with E-state index in [0.717, 1.165) is 5.56 Å². The highest BCUT2D eigenvalue weighted by molar-refractivity contribution is 7.89. The maximum atomic E-state index is 11.7. The van der Waals surface area contributed by atoms with Gasteiger partial charge in [0, 0.05) is 5.56 Å². The number of hydrogen-bond acceptors (Lipinski definition) is 5. The molecule has 0 aliphatic heterocycles. The van der Waals surface area contributed by atoms with Crippen LogP contribution in [0.4, 0.5) is 0 Å². The van der Waals surface area contributed by atoms with Gasteiger partial charge < -0.3 is 9.63 Å². The minimum Gasteiger partial charge on any atom is -0.481 e. The summed E-state index contributed by atoms with van der Waals surface area (Å²) >= 11 is 0. The second kappa shape index (κ2) is 7.34. The number of nitrogens with two attached hydrogens (primary N) is 1. The average Bonchev–Trinajstić information content (AvgIpc) is 3.07. The van der Waals surface area contributed by atoms with E-state index in [1.54, 1.807) is 19.1 Å². The largest absolute Gasteiger partial charge is 0.481 e. The molecule has 27 heavy (non-hydrogen) atoms. The van der Waals surface area contributed by atoms with Crippen LogP contribution >= 0.6 is 0 Å². The molecule has 1 aromatic heterocycles. The molecule has 1 unspecified atom stereocenters. The van der Waals surface area contributed by atoms with E-state index in [9.17, 15) is 18.3 Å². The Labute approximate surface area is 156 Å². The molecule has 0 aliphatic rings. The molecule has 1 atom stereocenters. The van der Waals surface area contributed by atoms with Gasteiger partial charge in [-0.15, -0.1) is 0 Å². The van der Waals surface area contributed by atoms with E-state index in [2.05, 4.69) is 5.16 Å². The van der Waals surface area contributed by atoms with E-state index in [0.29, 0.717) is 23.2 Å². The van der Waals surface area contributed by atoms with E-state index in [1.807, 2.05) is 30.3 Å². The van der Waals surface area contributed by atoms with Crippen molar-refractivity contribution in [3.63, 3.8) is 0 Å². The number of aromatic nitrogens is 1. The summed E-state index contributed by atoms with van der Waals surface area (Å²) in [4.78, 5) is 11.6. The number of aliphatic carboxylic acids is 1. The van der Waals surface area contributed by atoms with Gasteiger partial charge >= 0.3 is 5.97 Å². The van der Waals surface area contributed by atoms with Crippen molar-refractivity contribution in [2.75, 3.05) is 0 Å². The van der Waals surface area contributed by atoms with Gasteiger partial charge in [0.05, 0.1) is 10.5 Å². The summed E-state index contributed by atoms with van der Waals surface area (Å²) in [6, 6.07) is 15.1. The molecule has 0 amide bonds. The van der Waals surface area contributed by atoms with Crippen LogP contribution in [-0.2, 0) is 14.8 Å². The third kappa shape index (κ3) is 3.76. The van der Waals surface area contributed by atoms with Crippen LogP contribution in [0.3, 0.4) is 0 Å². The van der Waals surface area contributed by atoms with Crippen molar-refractivity contribution in [1.82, 2.24) is 5.16 Å². The number of carboxylic acid groups (broad SMARTS) is 1. The van der Waals surface area contributed by atoms with Crippen LogP contribution in [0.2, 0.25) is 0 Å². The number of carboxylic acids is 1. The van der Waals surface area contributed by atoms with Crippen LogP contribution in [0.15, 0.2) is 64.0 Å². The van der Waals surface area contributed by atoms with Crippen LogP contribution in [0.1, 0.15) is 25.0 Å². The zero-order chi connectivity index (χ0) is 19.6. The summed E-state index contributed by atoms with van der Waals surface area (Å²) in [5, 5.41) is 18.8. The normalized spacial score (nSPS) is 12.7. The zero-order valence-electron chi connectivity index (χ0n) is 14.5. The Morgan fingerprint density at radius 1 is 1.11 bits per heavy atom. The molecule has 3 rings (SSSR count). The zero-order valence-corrected chi connectivity index (χ0v) is 15.3. The molecular formula is C19H18N2O5S. The Balaban J connectivity index is 2.22. The monoisotopic (exact) mass is 386 g/mol. The minimum atomic E-state index is -3.83. The lowest BCUT2D eigenvalue weighted by atomic mass is 9.92. The number of sulfonamides is 1. The van der Waals surface area contributed by atoms with Gasteiger partial charge in [-0.25, -0.2) is 13.6 Å². The fourth-order valence-corrected chi connectivity index (χ4v) is 3.41. The predicted octanol–water partition coefficient (Wildman–Crippen LogP) is 3.23. The minimum absolute atomic E-state index is 0.0317. The van der Waals surface area contributed by atoms with Gasteiger partial charge in [-0.3, -0.25) is 4.79 Å². The molecule has 0 saturated heterocycles. The quantitative estimate of drug-likeness (QED) is 0.670. The highest BCUT2D eigenvalue weighted by Gasteiger charge is 2.29. The fourth-order valence-electron chi connectivity index (χ4n) is 2.90. The van der Waals surface area contributed by atoms with Crippen molar-refractivity contribution < 1.29 is 22.8 Å². The summed E-state index contributed by atoms with van der Waals surface area (Å²) in [5.41, 5.74) is 2.38. The van der Waals surface area contributed by atoms with Crippen molar-refractivity contribution in [2.24, 2.45) is 5.14 Å². The molecule has 140 valence electrons. The Bertz CT molecular complexity index is 1060. The van der Waals surface area contributed by atoms with Gasteiger partial charge in [-0.05, 0) is 24.1 Å². The molecule has 3 N–H and O–H groups in total. The van der Waals surface area contributed by atoms with Gasteiger partial charge in [0.25, 0.3) is 0 Å². The van der Waals surface area contributed by atoms with E-state index in [4.69, 9.17) is 9.66 Å². The van der Waals surface area contributed by atoms with Crippen molar-refractivity contribution in [2.45, 2.75) is 24.2 Å². The highest BCUT2D eigenvalue weighted by atomic mass is 32.2. The number of primary sulfonamides is 1. The highest BCUT2D eigenvalue weighted by Crippen LogP contribution is 2.39. The number of nitrogens with zero attached hydrogens (tertiary/aromatic N) is 1. The molecule has 8 heteroatoms. The summed E-state index contributed by atoms with van der Waals surface area (Å²) in [6.07, 6.45) is 0.320. The van der Waals surface area contributed by atoms with Gasteiger partial charge in [0.2, 0.25) is 10.0 Å². The molecule has 1 heterocycles. The lowest BCUT2D eigenvalue weighted by Gasteiger charge is -2.10. The standard InChI is InChI=1S/C19H18N2O5S/c1-2-15(19(22)23)18-16(12-8-10-14(11-9-12)27(20,24)25)17(21-26-18)13-6-4-3-5-7-13/h3-11,15H,2H2,1H3,(H,22,23)(H2,20,24,25). The maximum Gasteiger partial charge on any atom is 0.314 e. The van der Waals surface area contributed by atoms with E-state index < -0.39 is 21.9 Å². The Morgan fingerprint density at radius 3 is 2.26 bits per heavy atom. The van der Waals surface area contributed by atoms with E-state index >= 15 is 0 Å². The van der Waals surface area contributed by atoms with Gasteiger partial charge in [0.1, 0.15) is 11.6 Å². The number of benzene rings is 2. The first kappa shape index (κ1) is 18.8. The SMILES string of the molecule is CCC(C(=O)O)c1onc(-c2ccccc2)c1-c1ccc(S(N)(=O)=O)cc1. The lowest BCUT2D eigenvalue weighted by Crippen LogP contribution is -2.12. The van der Waals surface area contributed by atoms with Crippen LogP contribution in [0.5, 0.6) is 0 Å². The first-order chi connectivity index (χ1) is 12.8. The second-order valence-corrected chi connectivity index (χ2v) is 7.57. The summed E-state index contributed by atoms with van der Waals surface area (Å²) in [6.45, 7) is 1.75. The Hall–Kier alpha value is -2.97. The van der Waals surface area contributed by atoms with Crippen molar-refractivity contribution in [3.8, 4) is 22.4 Å². The van der Waals surface area contributed by atoms with E-state index in [1.165, 1.54) is 12.1 Å². The summed E-state index contributed by atoms with van der Waals surface area (Å²) in [7, 11) is -3.83. The van der Waals surface area contributed by atoms with Gasteiger partial charge in [-0.2, -0.15) is 0 Å². The summed E-state index contributed by atoms with van der Waals surface area (Å²) in [5.74, 6) is -1.66. The topological polar surface area (TPSA) is 123 Å². The smallest absolute Gasteiger partial charge is 0.314 e. The Kier molecular flexibility index (Phi) is 5.11. The molecule has 0 aliphatic carbocycles. The number of carbonyl (C=O) groups is 1. The van der Waals surface area contributed by atoms with Crippen LogP contribution < -0.4 is 5.14 Å². The van der Waals surface area contributed by atoms with Crippen LogP contribution in [0.25, 0.3) is 22.4 Å². The van der Waals surface area contributed by atoms with Crippen molar-refractivity contribution in [1.29, 1.82) is 0 Å². The second-order valence-electron chi connectivity index (χ2n) is 6.00. The molecule has 0 bridgehead atoms. The van der Waals surface area contributed by atoms with Crippen LogP contribution in [-0.4, -0.2) is 24.7 Å². The molecule has 7 nitrogen and oxygen atoms in total. The van der Waals surface area contributed by atoms with Gasteiger partial charge in [-0.1, -0.05) is 54.5 Å². The molecule has 3 aromatic rings. The average molecular weight is 386 g/mol. The fraction of sp³-hybridized carbons (Fsp3) is 0.158. The molecular weight excluding hydrogens is 368 g/mol. The third-order valence-corrected chi connectivity index (χ3v) is 5.19. The third-order valence-electron chi connectivity index (χ3n) is 4.26. The predicted molar refractivity (Wildman–Crippen MR) is 99.4 cm³/mol. The molecule has 0 radical (unpaired) electrons. The van der Waals surface area contributed by atoms with Crippen molar-refractivity contribution >= 4 is 16.0 Å². The first-order valence-corrected chi connectivity index (χ1v) is 9.78. The first-order valence-electron chi connectivity index (χ1n) is 8.24. The Morgan fingerprint density at radius 2 is 1.74 bits per heavy atom. The number of rotatable bonds is 6. The van der Waals surface area contributed by atoms with Gasteiger partial charge in [0.15, 0.2) is 5.76 Å². The maximum absolute atomic E-state index is 11.7. The van der Waals surface area contributed by atoms with Crippen molar-refractivity contribution in [3.05, 3.63) is 60.4 Å². The molecule has 0 fully saturated rings. The molecule has 2 aromatic carbocycles. The number of hydrogen-bond donors (Lipinski definition) is 2. The van der Waals surface area contributed by atoms with E-state index in [-0.39, 0.29) is 10.7 Å². The molecule has 0 saturated carbocycles. The lowest BCUT2D eigenvalue weighted by molar-refractivity contribution is -0.139.